The number of halogens is 1. The minimum atomic E-state index is 0.0450. The average molecular weight is 359 g/mol. The lowest BCUT2D eigenvalue weighted by Crippen LogP contribution is -2.39. The fourth-order valence-corrected chi connectivity index (χ4v) is 3.52. The molecule has 3 nitrogen and oxygen atoms in total. The van der Waals surface area contributed by atoms with E-state index >= 15 is 0 Å². The van der Waals surface area contributed by atoms with Gasteiger partial charge in [0.2, 0.25) is 5.91 Å². The van der Waals surface area contributed by atoms with E-state index in [-0.39, 0.29) is 11.9 Å². The minimum absolute atomic E-state index is 0.0450. The highest BCUT2D eigenvalue weighted by Crippen LogP contribution is 2.40. The molecule has 2 atom stereocenters. The Morgan fingerprint density at radius 2 is 1.95 bits per heavy atom. The van der Waals surface area contributed by atoms with Crippen LogP contribution in [0.15, 0.2) is 53.0 Å². The molecule has 0 saturated heterocycles. The topological polar surface area (TPSA) is 32.3 Å². The predicted molar refractivity (Wildman–Crippen MR) is 94.2 cm³/mol. The van der Waals surface area contributed by atoms with E-state index in [4.69, 9.17) is 0 Å². The smallest absolute Gasteiger partial charge is 0.224 e. The molecule has 0 unspecified atom stereocenters. The number of nitrogens with zero attached hydrogens (tertiary/aromatic N) is 1. The Balaban J connectivity index is 2.09. The van der Waals surface area contributed by atoms with Crippen LogP contribution < -0.4 is 10.2 Å². The van der Waals surface area contributed by atoms with Gasteiger partial charge in [-0.05, 0) is 49.2 Å². The van der Waals surface area contributed by atoms with E-state index in [1.165, 1.54) is 0 Å². The van der Waals surface area contributed by atoms with Crippen molar-refractivity contribution in [2.24, 2.45) is 0 Å². The van der Waals surface area contributed by atoms with Gasteiger partial charge in [-0.25, -0.2) is 0 Å². The molecule has 3 rings (SSSR count). The lowest BCUT2D eigenvalue weighted by Gasteiger charge is -2.38. The van der Waals surface area contributed by atoms with E-state index < -0.39 is 0 Å². The van der Waals surface area contributed by atoms with Crippen LogP contribution in [0.3, 0.4) is 0 Å². The number of nitrogens with one attached hydrogen (secondary N) is 1. The summed E-state index contributed by atoms with van der Waals surface area (Å²) in [6.45, 7) is 3.79. The van der Waals surface area contributed by atoms with E-state index in [9.17, 15) is 4.79 Å². The van der Waals surface area contributed by atoms with Crippen molar-refractivity contribution in [3.8, 4) is 0 Å². The third kappa shape index (κ3) is 2.88. The summed E-state index contributed by atoms with van der Waals surface area (Å²) < 4.78 is 1.03. The Morgan fingerprint density at radius 3 is 2.64 bits per heavy atom. The van der Waals surface area contributed by atoms with Gasteiger partial charge in [-0.15, -0.1) is 0 Å². The quantitative estimate of drug-likeness (QED) is 0.840. The van der Waals surface area contributed by atoms with Crippen LogP contribution in [-0.4, -0.2) is 11.9 Å². The van der Waals surface area contributed by atoms with Gasteiger partial charge in [0.05, 0.1) is 6.04 Å². The average Bonchev–Trinajstić information content (AvgIpc) is 2.49. The molecule has 0 aliphatic carbocycles. The van der Waals surface area contributed by atoms with Crippen LogP contribution in [0.4, 0.5) is 11.4 Å². The van der Waals surface area contributed by atoms with Crippen molar-refractivity contribution in [1.82, 2.24) is 0 Å². The lowest BCUT2D eigenvalue weighted by atomic mass is 9.92. The van der Waals surface area contributed by atoms with Gasteiger partial charge in [0.15, 0.2) is 0 Å². The normalized spacial score (nSPS) is 20.0. The maximum atomic E-state index is 12.3. The zero-order valence-corrected chi connectivity index (χ0v) is 14.3. The highest BCUT2D eigenvalue weighted by molar-refractivity contribution is 9.10. The summed E-state index contributed by atoms with van der Waals surface area (Å²) in [5, 5.41) is 3.50. The molecule has 22 heavy (non-hydrogen) atoms. The number of amides is 1. The number of benzene rings is 2. The molecule has 0 spiro atoms. The third-order valence-electron chi connectivity index (χ3n) is 4.04. The molecule has 1 aliphatic rings. The molecule has 2 aromatic carbocycles. The molecule has 0 saturated carbocycles. The maximum Gasteiger partial charge on any atom is 0.224 e. The number of hydrogen-bond donors (Lipinski definition) is 1. The number of carbonyl (C=O) groups is 1. The molecule has 0 fully saturated rings. The van der Waals surface area contributed by atoms with E-state index in [1.807, 2.05) is 41.3 Å². The second-order valence-corrected chi connectivity index (χ2v) is 6.67. The monoisotopic (exact) mass is 358 g/mol. The molecule has 4 heteroatoms. The Kier molecular flexibility index (Phi) is 4.21. The zero-order chi connectivity index (χ0) is 15.7. The summed E-state index contributed by atoms with van der Waals surface area (Å²) in [7, 11) is 0. The fraction of sp³-hybridized carbons (Fsp3) is 0.278. The number of carbonyl (C=O) groups excluding carboxylic acids is 1. The van der Waals surface area contributed by atoms with Gasteiger partial charge < -0.3 is 10.2 Å². The van der Waals surface area contributed by atoms with Crippen molar-refractivity contribution in [3.05, 3.63) is 58.6 Å². The number of fused-ring (bicyclic) bond motifs is 1. The zero-order valence-electron chi connectivity index (χ0n) is 12.7. The molecule has 2 aromatic rings. The number of rotatable bonds is 2. The molecule has 114 valence electrons. The van der Waals surface area contributed by atoms with Crippen LogP contribution in [0.1, 0.15) is 31.9 Å². The molecular formula is C18H19BrN2O. The van der Waals surface area contributed by atoms with Gasteiger partial charge >= 0.3 is 0 Å². The van der Waals surface area contributed by atoms with E-state index in [1.54, 1.807) is 6.92 Å². The van der Waals surface area contributed by atoms with Gasteiger partial charge in [0, 0.05) is 28.8 Å². The van der Waals surface area contributed by atoms with Crippen molar-refractivity contribution in [2.45, 2.75) is 32.4 Å². The number of hydrogen-bond acceptors (Lipinski definition) is 2. The summed E-state index contributed by atoms with van der Waals surface area (Å²) in [5.41, 5.74) is 3.21. The second kappa shape index (κ2) is 6.13. The Bertz CT molecular complexity index is 687. The van der Waals surface area contributed by atoms with Gasteiger partial charge in [-0.3, -0.25) is 4.79 Å². The van der Waals surface area contributed by atoms with Crippen LogP contribution in [0.25, 0.3) is 0 Å². The fourth-order valence-electron chi connectivity index (χ4n) is 3.14. The number of para-hydroxylation sites is 1. The van der Waals surface area contributed by atoms with Crippen molar-refractivity contribution in [1.29, 1.82) is 0 Å². The molecule has 0 bridgehead atoms. The number of anilines is 2. The molecule has 1 N–H and O–H groups in total. The van der Waals surface area contributed by atoms with Crippen LogP contribution in [0.5, 0.6) is 0 Å². The van der Waals surface area contributed by atoms with Crippen LogP contribution in [-0.2, 0) is 4.79 Å². The Morgan fingerprint density at radius 1 is 1.23 bits per heavy atom. The lowest BCUT2D eigenvalue weighted by molar-refractivity contribution is -0.117. The summed E-state index contributed by atoms with van der Waals surface area (Å²) >= 11 is 3.54. The minimum Gasteiger partial charge on any atom is -0.382 e. The molecule has 1 amide bonds. The van der Waals surface area contributed by atoms with Gasteiger partial charge in [0.1, 0.15) is 0 Å². The SMILES string of the molecule is CC(=O)N(c1ccccc1)[C@H]1C[C@@H](C)Nc2ccc(Br)cc21. The summed E-state index contributed by atoms with van der Waals surface area (Å²) in [5.74, 6) is 0.0659. The second-order valence-electron chi connectivity index (χ2n) is 5.75. The van der Waals surface area contributed by atoms with Gasteiger partial charge in [-0.1, -0.05) is 34.1 Å². The first kappa shape index (κ1) is 15.1. The molecule has 0 aromatic heterocycles. The van der Waals surface area contributed by atoms with Gasteiger partial charge in [-0.2, -0.15) is 0 Å². The standard InChI is InChI=1S/C18H19BrN2O/c1-12-10-18(16-11-14(19)8-9-17(16)20-12)21(13(2)22)15-6-4-3-5-7-15/h3-9,11-12,18,20H,10H2,1-2H3/t12-,18+/m1/s1. The summed E-state index contributed by atoms with van der Waals surface area (Å²) in [6, 6.07) is 16.5. The molecule has 1 aliphatic heterocycles. The molecule has 1 heterocycles. The van der Waals surface area contributed by atoms with Crippen molar-refractivity contribution < 1.29 is 4.79 Å². The van der Waals surface area contributed by atoms with Gasteiger partial charge in [0.25, 0.3) is 0 Å². The van der Waals surface area contributed by atoms with Crippen molar-refractivity contribution in [3.63, 3.8) is 0 Å². The molecule has 0 radical (unpaired) electrons. The van der Waals surface area contributed by atoms with Crippen LogP contribution in [0.2, 0.25) is 0 Å². The van der Waals surface area contributed by atoms with Crippen molar-refractivity contribution in [2.75, 3.05) is 10.2 Å². The third-order valence-corrected chi connectivity index (χ3v) is 4.53. The van der Waals surface area contributed by atoms with E-state index in [0.29, 0.717) is 6.04 Å². The largest absolute Gasteiger partial charge is 0.382 e. The summed E-state index contributed by atoms with van der Waals surface area (Å²) in [4.78, 5) is 14.2. The highest BCUT2D eigenvalue weighted by Gasteiger charge is 2.31. The first-order valence-electron chi connectivity index (χ1n) is 7.47. The maximum absolute atomic E-state index is 12.3. The first-order chi connectivity index (χ1) is 10.6. The Hall–Kier alpha value is -1.81. The van der Waals surface area contributed by atoms with Crippen LogP contribution >= 0.6 is 15.9 Å². The Labute approximate surface area is 139 Å². The van der Waals surface area contributed by atoms with E-state index in [2.05, 4.69) is 40.3 Å². The van der Waals surface area contributed by atoms with Crippen molar-refractivity contribution >= 4 is 33.2 Å². The predicted octanol–water partition coefficient (Wildman–Crippen LogP) is 4.75. The van der Waals surface area contributed by atoms with Crippen LogP contribution in [0, 0.1) is 0 Å². The molecular weight excluding hydrogens is 340 g/mol. The summed E-state index contributed by atoms with van der Waals surface area (Å²) in [6.07, 6.45) is 0.887. The van der Waals surface area contributed by atoms with E-state index in [0.717, 1.165) is 27.8 Å². The highest BCUT2D eigenvalue weighted by atomic mass is 79.9. The first-order valence-corrected chi connectivity index (χ1v) is 8.26.